The number of carboxylic acid groups (broad SMARTS) is 1. The Morgan fingerprint density at radius 1 is 1.48 bits per heavy atom. The van der Waals surface area contributed by atoms with Crippen molar-refractivity contribution in [3.63, 3.8) is 0 Å². The van der Waals surface area contributed by atoms with E-state index in [-0.39, 0.29) is 18.0 Å². The lowest BCUT2D eigenvalue weighted by atomic mass is 10.2. The number of aryl methyl sites for hydroxylation is 1. The van der Waals surface area contributed by atoms with Crippen LogP contribution in [0, 0.1) is 6.92 Å². The van der Waals surface area contributed by atoms with Crippen LogP contribution in [-0.2, 0) is 11.3 Å². The molecule has 0 aliphatic carbocycles. The fraction of sp³-hybridized carbons (Fsp3) is 0.200. The summed E-state index contributed by atoms with van der Waals surface area (Å²) in [6.07, 6.45) is 3.22. The molecule has 0 unspecified atom stereocenters. The van der Waals surface area contributed by atoms with Crippen LogP contribution in [0.2, 0.25) is 0 Å². The second-order valence-electron chi connectivity index (χ2n) is 4.57. The van der Waals surface area contributed by atoms with E-state index in [1.807, 2.05) is 16.8 Å². The summed E-state index contributed by atoms with van der Waals surface area (Å²) in [4.78, 5) is 24.4. The molecule has 0 aliphatic rings. The number of amides is 1. The van der Waals surface area contributed by atoms with Crippen molar-refractivity contribution in [3.8, 4) is 0 Å². The molecule has 21 heavy (non-hydrogen) atoms. The molecule has 0 aliphatic heterocycles. The molecule has 5 nitrogen and oxygen atoms in total. The first-order valence-corrected chi connectivity index (χ1v) is 7.19. The maximum absolute atomic E-state index is 12.0. The van der Waals surface area contributed by atoms with E-state index in [0.717, 1.165) is 5.56 Å². The fourth-order valence-electron chi connectivity index (χ4n) is 1.81. The van der Waals surface area contributed by atoms with Crippen LogP contribution in [0.3, 0.4) is 0 Å². The highest BCUT2D eigenvalue weighted by molar-refractivity contribution is 7.08. The summed E-state index contributed by atoms with van der Waals surface area (Å²) >= 11 is 1.56. The molecule has 2 rings (SSSR count). The number of carboxylic acids is 1. The maximum atomic E-state index is 12.0. The van der Waals surface area contributed by atoms with Crippen molar-refractivity contribution in [1.82, 2.24) is 4.90 Å². The van der Waals surface area contributed by atoms with Crippen molar-refractivity contribution in [1.29, 1.82) is 0 Å². The molecule has 2 heterocycles. The predicted octanol–water partition coefficient (Wildman–Crippen LogP) is 3.02. The van der Waals surface area contributed by atoms with Gasteiger partial charge in [0.15, 0.2) is 0 Å². The maximum Gasteiger partial charge on any atom is 0.339 e. The van der Waals surface area contributed by atoms with Gasteiger partial charge >= 0.3 is 5.97 Å². The molecule has 2 aromatic rings. The van der Waals surface area contributed by atoms with Gasteiger partial charge in [0.2, 0.25) is 5.91 Å². The third-order valence-electron chi connectivity index (χ3n) is 2.93. The van der Waals surface area contributed by atoms with E-state index in [9.17, 15) is 9.59 Å². The lowest BCUT2D eigenvalue weighted by molar-refractivity contribution is -0.125. The molecule has 6 heteroatoms. The number of carbonyl (C=O) groups is 2. The smallest absolute Gasteiger partial charge is 0.339 e. The third kappa shape index (κ3) is 3.82. The van der Waals surface area contributed by atoms with Gasteiger partial charge in [0, 0.05) is 13.1 Å². The minimum atomic E-state index is -1.03. The van der Waals surface area contributed by atoms with Crippen LogP contribution in [0.25, 0.3) is 6.08 Å². The van der Waals surface area contributed by atoms with Crippen LogP contribution in [0.15, 0.2) is 33.4 Å². The highest BCUT2D eigenvalue weighted by Gasteiger charge is 2.15. The topological polar surface area (TPSA) is 70.8 Å². The van der Waals surface area contributed by atoms with Gasteiger partial charge in [-0.3, -0.25) is 4.79 Å². The number of furan rings is 1. The Kier molecular flexibility index (Phi) is 4.59. The summed E-state index contributed by atoms with van der Waals surface area (Å²) in [6.45, 7) is 1.81. The standard InChI is InChI=1S/C15H15NO4S/c1-10-13(15(18)19)7-12(20-10)8-16(2)14(17)4-3-11-5-6-21-9-11/h3-7,9H,8H2,1-2H3,(H,18,19)/b4-3+. The highest BCUT2D eigenvalue weighted by Crippen LogP contribution is 2.16. The van der Waals surface area contributed by atoms with Crippen LogP contribution < -0.4 is 0 Å². The number of likely N-dealkylation sites (N-methyl/N-ethyl adjacent to an activating group) is 1. The molecule has 0 bridgehead atoms. The Labute approximate surface area is 126 Å². The summed E-state index contributed by atoms with van der Waals surface area (Å²) in [5, 5.41) is 12.8. The minimum Gasteiger partial charge on any atom is -0.478 e. The molecule has 0 atom stereocenters. The summed E-state index contributed by atoms with van der Waals surface area (Å²) in [7, 11) is 1.64. The summed E-state index contributed by atoms with van der Waals surface area (Å²) in [5.74, 6) is -0.419. The quantitative estimate of drug-likeness (QED) is 0.862. The third-order valence-corrected chi connectivity index (χ3v) is 3.63. The van der Waals surface area contributed by atoms with Gasteiger partial charge in [-0.05, 0) is 41.5 Å². The zero-order chi connectivity index (χ0) is 15.4. The lowest BCUT2D eigenvalue weighted by Crippen LogP contribution is -2.23. The van der Waals surface area contributed by atoms with E-state index >= 15 is 0 Å². The molecular formula is C15H15NO4S. The van der Waals surface area contributed by atoms with Gasteiger partial charge in [-0.15, -0.1) is 0 Å². The molecule has 0 saturated carbocycles. The van der Waals surface area contributed by atoms with Crippen LogP contribution >= 0.6 is 11.3 Å². The SMILES string of the molecule is Cc1oc(CN(C)C(=O)/C=C/c2ccsc2)cc1C(=O)O. The van der Waals surface area contributed by atoms with Crippen molar-refractivity contribution < 1.29 is 19.1 Å². The Morgan fingerprint density at radius 2 is 2.24 bits per heavy atom. The monoisotopic (exact) mass is 305 g/mol. The van der Waals surface area contributed by atoms with E-state index in [0.29, 0.717) is 11.5 Å². The average molecular weight is 305 g/mol. The van der Waals surface area contributed by atoms with Crippen molar-refractivity contribution in [3.05, 3.63) is 51.6 Å². The molecule has 1 amide bonds. The zero-order valence-corrected chi connectivity index (χ0v) is 12.5. The molecular weight excluding hydrogens is 290 g/mol. The summed E-state index contributed by atoms with van der Waals surface area (Å²) < 4.78 is 5.35. The molecule has 2 aromatic heterocycles. The van der Waals surface area contributed by atoms with Crippen molar-refractivity contribution in [2.45, 2.75) is 13.5 Å². The van der Waals surface area contributed by atoms with E-state index in [1.165, 1.54) is 17.0 Å². The summed E-state index contributed by atoms with van der Waals surface area (Å²) in [5.41, 5.74) is 1.10. The molecule has 110 valence electrons. The van der Waals surface area contributed by atoms with E-state index in [2.05, 4.69) is 0 Å². The first-order valence-electron chi connectivity index (χ1n) is 6.25. The Morgan fingerprint density at radius 3 is 2.81 bits per heavy atom. The Hall–Kier alpha value is -2.34. The molecule has 0 saturated heterocycles. The largest absolute Gasteiger partial charge is 0.478 e. The van der Waals surface area contributed by atoms with Gasteiger partial charge in [-0.25, -0.2) is 4.79 Å². The molecule has 1 N–H and O–H groups in total. The number of carbonyl (C=O) groups excluding carboxylic acids is 1. The first kappa shape index (κ1) is 15.1. The number of hydrogen-bond donors (Lipinski definition) is 1. The molecule has 0 radical (unpaired) electrons. The van der Waals surface area contributed by atoms with E-state index < -0.39 is 5.97 Å². The second kappa shape index (κ2) is 6.41. The van der Waals surface area contributed by atoms with E-state index in [1.54, 1.807) is 31.4 Å². The average Bonchev–Trinajstić information content (AvgIpc) is 3.05. The first-order chi connectivity index (χ1) is 9.97. The fourth-order valence-corrected chi connectivity index (χ4v) is 2.44. The van der Waals surface area contributed by atoms with Crippen molar-refractivity contribution in [2.75, 3.05) is 7.05 Å². The Bertz CT molecular complexity index is 670. The van der Waals surface area contributed by atoms with Crippen molar-refractivity contribution >= 4 is 29.3 Å². The van der Waals surface area contributed by atoms with E-state index in [4.69, 9.17) is 9.52 Å². The number of hydrogen-bond acceptors (Lipinski definition) is 4. The Balaban J connectivity index is 2.00. The van der Waals surface area contributed by atoms with Crippen LogP contribution in [0.1, 0.15) is 27.4 Å². The van der Waals surface area contributed by atoms with Crippen molar-refractivity contribution in [2.24, 2.45) is 0 Å². The number of thiophene rings is 1. The normalized spacial score (nSPS) is 11.0. The lowest BCUT2D eigenvalue weighted by Gasteiger charge is -2.12. The number of aromatic carboxylic acids is 1. The minimum absolute atomic E-state index is 0.125. The molecule has 0 spiro atoms. The van der Waals surface area contributed by atoms with Crippen LogP contribution in [-0.4, -0.2) is 28.9 Å². The van der Waals surface area contributed by atoms with Gasteiger partial charge in [0.25, 0.3) is 0 Å². The van der Waals surface area contributed by atoms with Crippen LogP contribution in [0.5, 0.6) is 0 Å². The van der Waals surface area contributed by atoms with Gasteiger partial charge < -0.3 is 14.4 Å². The molecule has 0 aromatic carbocycles. The van der Waals surface area contributed by atoms with Crippen LogP contribution in [0.4, 0.5) is 0 Å². The van der Waals surface area contributed by atoms with Gasteiger partial charge in [0.05, 0.1) is 6.54 Å². The predicted molar refractivity (Wildman–Crippen MR) is 80.2 cm³/mol. The second-order valence-corrected chi connectivity index (χ2v) is 5.35. The van der Waals surface area contributed by atoms with Gasteiger partial charge in [0.1, 0.15) is 17.1 Å². The number of rotatable bonds is 5. The zero-order valence-electron chi connectivity index (χ0n) is 11.7. The summed E-state index contributed by atoms with van der Waals surface area (Å²) in [6, 6.07) is 3.37. The van der Waals surface area contributed by atoms with Gasteiger partial charge in [-0.1, -0.05) is 0 Å². The number of nitrogens with zero attached hydrogens (tertiary/aromatic N) is 1. The molecule has 0 fully saturated rings. The van der Waals surface area contributed by atoms with Gasteiger partial charge in [-0.2, -0.15) is 11.3 Å². The highest BCUT2D eigenvalue weighted by atomic mass is 32.1.